The number of carboxylic acids is 1. The van der Waals surface area contributed by atoms with Crippen LogP contribution in [0.4, 0.5) is 9.59 Å². The maximum absolute atomic E-state index is 12.3. The van der Waals surface area contributed by atoms with Gasteiger partial charge in [0, 0.05) is 67.3 Å². The predicted molar refractivity (Wildman–Crippen MR) is 469 cm³/mol. The summed E-state index contributed by atoms with van der Waals surface area (Å²) in [6, 6.07) is 0.902. The SMILES string of the molecule is C1CCOC1.C1CN[C@H]2CCC[C@@H]2OC1.C=CC(=O)OC(C)(C)C.CC(C)(C)OC(=O)CCO[C@H]1CCC[C@@H]1NC(=O)OC(C)(C)C.CC(C)(C)OC(=O)N[C@H]1CCC[C@@H]1O.CCCP1(=O)OP(=O)(CCC)OP(=O)(CCC)O1.Cl.Clc1nc(Cl)c2c(n1)CCC2.N[C@H]1CCC[C@@H]1OCCC(=O)O.O=C1CCO[C@H]2CCC[C@@H]2N1.O=CO[O-].[3H]P([3H])[3H].[Al].[Cs+].[Cs+].[H-].[H-].[Li+]. The molecule has 123 heavy (non-hydrogen) atoms. The van der Waals surface area contributed by atoms with Crippen LogP contribution in [0.1, 0.15) is 278 Å². The Kier molecular flexibility index (Phi) is 73.0. The smallest absolute Gasteiger partial charge is 1.00 e. The average molecular weight is 2150 g/mol. The van der Waals surface area contributed by atoms with E-state index in [0.717, 1.165) is 134 Å². The zero-order chi connectivity index (χ0) is 91.6. The molecule has 8 N–H and O–H groups in total. The summed E-state index contributed by atoms with van der Waals surface area (Å²) in [5, 5.41) is 39.1. The summed E-state index contributed by atoms with van der Waals surface area (Å²) in [6.45, 7) is 35.7. The molecule has 6 aliphatic carbocycles. The van der Waals surface area contributed by atoms with Gasteiger partial charge in [-0.15, -0.1) is 12.4 Å². The van der Waals surface area contributed by atoms with E-state index in [1.165, 1.54) is 44.9 Å². The second-order valence-electron chi connectivity index (χ2n) is 33.4. The van der Waals surface area contributed by atoms with Gasteiger partial charge in [0.1, 0.15) is 27.6 Å². The van der Waals surface area contributed by atoms with E-state index in [-0.39, 0.29) is 287 Å². The number of aryl methyl sites for hydroxylation is 1. The molecule has 44 heteroatoms. The van der Waals surface area contributed by atoms with Crippen LogP contribution in [0.3, 0.4) is 0 Å². The first-order valence-electron chi connectivity index (χ1n) is 42.8. The van der Waals surface area contributed by atoms with E-state index in [0.29, 0.717) is 68.3 Å². The minimum atomic E-state index is -3.57. The summed E-state index contributed by atoms with van der Waals surface area (Å²) in [5.74, 6) is -1.31. The first kappa shape index (κ1) is 126. The van der Waals surface area contributed by atoms with Gasteiger partial charge in [0.2, 0.25) is 11.2 Å². The van der Waals surface area contributed by atoms with Gasteiger partial charge in [0.15, 0.2) is 0 Å². The number of amides is 3. The Hall–Kier alpha value is 1.45. The summed E-state index contributed by atoms with van der Waals surface area (Å²) in [7, 11) is -12.6. The molecule has 9 fully saturated rings. The molecule has 0 aromatic carbocycles. The van der Waals surface area contributed by atoms with Crippen molar-refractivity contribution >= 4 is 128 Å². The fourth-order valence-corrected chi connectivity index (χ4v) is 23.0. The third kappa shape index (κ3) is 63.4. The fourth-order valence-electron chi connectivity index (χ4n) is 13.2. The van der Waals surface area contributed by atoms with Crippen LogP contribution in [-0.4, -0.2) is 232 Å². The Balaban J connectivity index is -0.000000257. The van der Waals surface area contributed by atoms with Crippen molar-refractivity contribution in [1.82, 2.24) is 31.2 Å². The summed E-state index contributed by atoms with van der Waals surface area (Å²) in [5.41, 5.74) is 5.95. The second-order valence-corrected chi connectivity index (χ2v) is 41.1. The van der Waals surface area contributed by atoms with Crippen molar-refractivity contribution in [2.75, 3.05) is 64.7 Å². The van der Waals surface area contributed by atoms with E-state index >= 15 is 0 Å². The van der Waals surface area contributed by atoms with Crippen LogP contribution in [0.15, 0.2) is 12.7 Å². The number of carboxylic acid groups (broad SMARTS) is 1. The molecule has 1 aromatic heterocycles. The van der Waals surface area contributed by atoms with Crippen LogP contribution in [0.25, 0.3) is 0 Å². The normalized spacial score (nSPS) is 26.3. The third-order valence-electron chi connectivity index (χ3n) is 18.1. The third-order valence-corrected chi connectivity index (χ3v) is 27.5. The minimum Gasteiger partial charge on any atom is -1.00 e. The molecule has 0 bridgehead atoms. The number of nitrogens with two attached hydrogens (primary N) is 1. The molecule has 33 nitrogen and oxygen atoms in total. The standard InChI is InChI=1S/C17H31NO5.C10H19NO3.C9H21O6P3.C8H15NO3.C8H13NO2.C8H15NO.C7H6Cl2N2.C7H12O2.C4H8O.CH2O3.Al.ClH.2Cs.Li.H3P.2H/c1-16(2,3)22-14(19)10-11-21-13-9-7-8-12(13)18-15(20)23-17(4,5)6;1-10(2,3)14-9(13)11-7-5-4-6-8(7)12;1-4-7-16(10)13-17(11,8-5-2)15-18(12,14-16)9-6-3;9-6-2-1-3-7(6)12-5-4-8(10)11;10-8-4-5-11-7-3-1-2-6(7)9-8;1-3-7-8(4-1)10-6-2-5-9-7;8-6-4-2-1-3-5(4)10-7(9)11-6;1-5-6(8)9-7(2,3)4;1-2-4-5-3-1;2-1-4-3;;;;;;;;/h12-13H,7-11H2,1-6H3,(H,18,20);7-8,12H,4-6H2,1-3H3,(H,11,13);4-9H2,1-3H3;6-7H,1-5,9H2,(H,10,11);6-7H,1-5H2,(H,9,10);7-9H,1-6H2;1-3H2;5H,1H2,2-4H3;1-4H2;1,3H;;1H;;;;1H3;;/q;;;;;;;;;;;;3*+1;;2*-1/p-1/t12-,13-;7-,8-;;2*6-,7-;7-,8-;;;;;;;;;;;;/m00.000............/s1/i;;;;;;;;;;;;;;;1T3;;. The van der Waals surface area contributed by atoms with Gasteiger partial charge in [0.05, 0.1) is 109 Å². The molecule has 10 aliphatic rings. The Morgan fingerprint density at radius 1 is 0.642 bits per heavy atom. The van der Waals surface area contributed by atoms with Crippen molar-refractivity contribution < 1.29 is 283 Å². The molecule has 5 heterocycles. The maximum Gasteiger partial charge on any atom is 1.00 e. The van der Waals surface area contributed by atoms with Crippen LogP contribution in [-0.2, 0) is 111 Å². The number of aliphatic hydroxyl groups excluding tert-OH is 1. The molecule has 0 unspecified atom stereocenters. The number of fused-ring (bicyclic) bond motifs is 3. The number of halogens is 3. The van der Waals surface area contributed by atoms with Gasteiger partial charge >= 0.3 is 210 Å². The second kappa shape index (κ2) is 71.0. The first-order valence-corrected chi connectivity index (χ1v) is 47.4. The molecular weight excluding hydrogens is 1990 g/mol. The van der Waals surface area contributed by atoms with E-state index in [1.54, 1.807) is 20.8 Å². The largest absolute Gasteiger partial charge is 1.00 e. The Morgan fingerprint density at radius 3 is 1.54 bits per heavy atom. The van der Waals surface area contributed by atoms with Gasteiger partial charge in [-0.1, -0.05) is 39.0 Å². The van der Waals surface area contributed by atoms with Crippen molar-refractivity contribution in [3.05, 3.63) is 34.3 Å². The average Bonchev–Trinajstić information content (AvgIpc) is 0.896. The molecular formula is C79H147AlCl3Cs2LiN7O26P4. The number of hydrogen-bond donors (Lipinski definition) is 7. The van der Waals surface area contributed by atoms with Crippen LogP contribution < -0.4 is 189 Å². The van der Waals surface area contributed by atoms with Gasteiger partial charge in [0.25, 0.3) is 6.47 Å². The number of esters is 2. The number of nitrogens with one attached hydrogen (secondary N) is 4. The van der Waals surface area contributed by atoms with Crippen molar-refractivity contribution in [2.45, 2.75) is 360 Å². The number of hydrogen-bond acceptors (Lipinski definition) is 29. The van der Waals surface area contributed by atoms with E-state index in [9.17, 15) is 47.6 Å². The summed E-state index contributed by atoms with van der Waals surface area (Å²) >= 11 is 11.5. The number of carbonyl (C=O) groups is 7. The van der Waals surface area contributed by atoms with E-state index < -0.39 is 79.2 Å². The zero-order valence-corrected chi connectivity index (χ0v) is 96.1. The molecule has 4 saturated heterocycles. The number of nitrogens with zero attached hydrogens (tertiary/aromatic N) is 2. The van der Waals surface area contributed by atoms with Crippen molar-refractivity contribution in [1.29, 1.82) is 3.84 Å². The Bertz CT molecular complexity index is 3270. The van der Waals surface area contributed by atoms with Crippen molar-refractivity contribution in [3.63, 3.8) is 0 Å². The molecule has 10 atom stereocenters. The van der Waals surface area contributed by atoms with Crippen LogP contribution in [0, 0.1) is 0 Å². The first-order chi connectivity index (χ1) is 56.5. The predicted octanol–water partition coefficient (Wildman–Crippen LogP) is 5.54. The summed E-state index contributed by atoms with van der Waals surface area (Å²) in [6.07, 6.45) is 26.0. The maximum atomic E-state index is 12.3. The van der Waals surface area contributed by atoms with Crippen molar-refractivity contribution in [2.24, 2.45) is 5.73 Å². The number of aliphatic hydroxyl groups is 1. The number of aromatic nitrogens is 2. The van der Waals surface area contributed by atoms with Crippen LogP contribution in [0.5, 0.6) is 0 Å². The summed E-state index contributed by atoms with van der Waals surface area (Å²) < 4.78 is 118. The van der Waals surface area contributed by atoms with Gasteiger partial charge < -0.3 is 92.8 Å². The molecule has 0 spiro atoms. The molecule has 3 radical (unpaired) electrons. The van der Waals surface area contributed by atoms with E-state index in [2.05, 4.69) is 42.7 Å². The number of carbonyl (C=O) groups excluding carboxylic acids is 6. The zero-order valence-electron chi connectivity index (χ0n) is 81.5. The molecule has 1 aromatic rings. The summed E-state index contributed by atoms with van der Waals surface area (Å²) in [4.78, 5) is 85.7. The van der Waals surface area contributed by atoms with Gasteiger partial charge in [-0.25, -0.2) is 37.3 Å². The molecule has 3 amide bonds. The monoisotopic (exact) mass is 2140 g/mol. The molecule has 11 rings (SSSR count). The van der Waals surface area contributed by atoms with Gasteiger partial charge in [-0.3, -0.25) is 32.9 Å². The number of ether oxygens (including phenoxy) is 9. The Morgan fingerprint density at radius 2 is 1.10 bits per heavy atom. The van der Waals surface area contributed by atoms with Crippen molar-refractivity contribution in [3.8, 4) is 0 Å². The fraction of sp³-hybridized carbons (Fsp3) is 0.835. The molecule has 5 saturated carbocycles. The van der Waals surface area contributed by atoms with E-state index in [4.69, 9.17) is 103 Å². The van der Waals surface area contributed by atoms with Crippen LogP contribution in [0.2, 0.25) is 10.4 Å². The number of aliphatic carboxylic acids is 1. The molecule has 4 aliphatic heterocycles. The molecule has 701 valence electrons. The minimum absolute atomic E-state index is 0. The van der Waals surface area contributed by atoms with Gasteiger partial charge in [-0.05, 0) is 255 Å². The van der Waals surface area contributed by atoms with Crippen LogP contribution >= 0.6 is 68.1 Å². The topological polar surface area (TPSA) is 454 Å². The number of rotatable bonds is 18. The van der Waals surface area contributed by atoms with Gasteiger partial charge in [-0.2, -0.15) is 9.73 Å². The number of alkyl carbamates (subject to hydrolysis) is 2. The van der Waals surface area contributed by atoms with E-state index in [1.807, 2.05) is 83.1 Å². The quantitative estimate of drug-likeness (QED) is 0.00906. The Labute approximate surface area is 898 Å².